The highest BCUT2D eigenvalue weighted by Crippen LogP contribution is 2.17. The maximum Gasteiger partial charge on any atom is 0.158 e. The molecule has 0 aliphatic heterocycles. The molecule has 0 aliphatic rings. The SMILES string of the molecule is CCOCc1nc(NN)cc(NC(C)c2nncn2C)n1. The quantitative estimate of drug-likeness (QED) is 0.502. The molecular weight excluding hydrogens is 272 g/mol. The van der Waals surface area contributed by atoms with Crippen LogP contribution in [0.3, 0.4) is 0 Å². The maximum absolute atomic E-state index is 5.43. The molecule has 0 amide bonds. The zero-order valence-electron chi connectivity index (χ0n) is 12.4. The molecule has 2 heterocycles. The topological polar surface area (TPSA) is 116 Å². The van der Waals surface area contributed by atoms with E-state index in [9.17, 15) is 0 Å². The van der Waals surface area contributed by atoms with Crippen LogP contribution >= 0.6 is 0 Å². The van der Waals surface area contributed by atoms with Crippen molar-refractivity contribution < 1.29 is 4.74 Å². The number of nitrogens with two attached hydrogens (primary N) is 1. The van der Waals surface area contributed by atoms with Gasteiger partial charge in [0.1, 0.15) is 24.6 Å². The first-order chi connectivity index (χ1) is 10.1. The minimum absolute atomic E-state index is 0.0574. The van der Waals surface area contributed by atoms with Crippen molar-refractivity contribution >= 4 is 11.6 Å². The number of aromatic nitrogens is 5. The van der Waals surface area contributed by atoms with Crippen molar-refractivity contribution in [3.05, 3.63) is 24.0 Å². The Labute approximate surface area is 122 Å². The van der Waals surface area contributed by atoms with E-state index in [-0.39, 0.29) is 6.04 Å². The molecule has 0 radical (unpaired) electrons. The van der Waals surface area contributed by atoms with Gasteiger partial charge in [-0.2, -0.15) is 0 Å². The number of hydrogen-bond acceptors (Lipinski definition) is 8. The molecule has 114 valence electrons. The number of nitrogens with zero attached hydrogens (tertiary/aromatic N) is 5. The second kappa shape index (κ2) is 6.95. The van der Waals surface area contributed by atoms with Crippen LogP contribution in [0, 0.1) is 0 Å². The summed E-state index contributed by atoms with van der Waals surface area (Å²) in [5.41, 5.74) is 2.52. The van der Waals surface area contributed by atoms with E-state index in [0.29, 0.717) is 30.7 Å². The summed E-state index contributed by atoms with van der Waals surface area (Å²) in [6, 6.07) is 1.67. The predicted octanol–water partition coefficient (Wildman–Crippen LogP) is 0.600. The summed E-state index contributed by atoms with van der Waals surface area (Å²) >= 11 is 0. The third kappa shape index (κ3) is 3.86. The minimum atomic E-state index is -0.0574. The van der Waals surface area contributed by atoms with E-state index < -0.39 is 0 Å². The highest BCUT2D eigenvalue weighted by molar-refractivity contribution is 5.47. The van der Waals surface area contributed by atoms with Crippen molar-refractivity contribution in [2.75, 3.05) is 17.3 Å². The fourth-order valence-corrected chi connectivity index (χ4v) is 1.87. The molecule has 2 aromatic rings. The number of nitrogens with one attached hydrogen (secondary N) is 2. The molecular formula is C12H20N8O. The Morgan fingerprint density at radius 2 is 2.14 bits per heavy atom. The fourth-order valence-electron chi connectivity index (χ4n) is 1.87. The zero-order chi connectivity index (χ0) is 15.2. The van der Waals surface area contributed by atoms with Gasteiger partial charge in [-0.15, -0.1) is 10.2 Å². The van der Waals surface area contributed by atoms with Crippen LogP contribution in [0.25, 0.3) is 0 Å². The van der Waals surface area contributed by atoms with Crippen LogP contribution in [-0.2, 0) is 18.4 Å². The number of nitrogen functional groups attached to an aromatic ring is 1. The number of rotatable bonds is 7. The van der Waals surface area contributed by atoms with Gasteiger partial charge in [-0.1, -0.05) is 0 Å². The van der Waals surface area contributed by atoms with E-state index in [0.717, 1.165) is 5.82 Å². The fraction of sp³-hybridized carbons (Fsp3) is 0.500. The highest BCUT2D eigenvalue weighted by Gasteiger charge is 2.13. The molecule has 0 bridgehead atoms. The number of anilines is 2. The van der Waals surface area contributed by atoms with Gasteiger partial charge in [0.2, 0.25) is 0 Å². The molecule has 1 atom stereocenters. The summed E-state index contributed by atoms with van der Waals surface area (Å²) < 4.78 is 7.17. The normalized spacial score (nSPS) is 12.2. The van der Waals surface area contributed by atoms with E-state index in [1.165, 1.54) is 0 Å². The zero-order valence-corrected chi connectivity index (χ0v) is 12.4. The van der Waals surface area contributed by atoms with Crippen LogP contribution in [0.5, 0.6) is 0 Å². The van der Waals surface area contributed by atoms with Crippen molar-refractivity contribution in [3.63, 3.8) is 0 Å². The van der Waals surface area contributed by atoms with E-state index in [2.05, 4.69) is 30.9 Å². The number of hydrazine groups is 1. The first-order valence-electron chi connectivity index (χ1n) is 6.66. The van der Waals surface area contributed by atoms with Gasteiger partial charge in [-0.05, 0) is 13.8 Å². The molecule has 0 spiro atoms. The summed E-state index contributed by atoms with van der Waals surface area (Å²) in [7, 11) is 1.89. The first-order valence-corrected chi connectivity index (χ1v) is 6.66. The summed E-state index contributed by atoms with van der Waals surface area (Å²) in [4.78, 5) is 8.63. The van der Waals surface area contributed by atoms with Crippen LogP contribution in [0.15, 0.2) is 12.4 Å². The van der Waals surface area contributed by atoms with Crippen LogP contribution in [0.4, 0.5) is 11.6 Å². The van der Waals surface area contributed by atoms with Crippen LogP contribution in [-0.4, -0.2) is 31.3 Å². The van der Waals surface area contributed by atoms with E-state index >= 15 is 0 Å². The summed E-state index contributed by atoms with van der Waals surface area (Å²) in [5, 5.41) is 11.2. The monoisotopic (exact) mass is 292 g/mol. The van der Waals surface area contributed by atoms with Crippen LogP contribution in [0.2, 0.25) is 0 Å². The predicted molar refractivity (Wildman–Crippen MR) is 78.2 cm³/mol. The van der Waals surface area contributed by atoms with Gasteiger partial charge in [-0.25, -0.2) is 15.8 Å². The molecule has 9 heteroatoms. The Morgan fingerprint density at radius 3 is 2.76 bits per heavy atom. The molecule has 0 aromatic carbocycles. The average molecular weight is 292 g/mol. The van der Waals surface area contributed by atoms with Gasteiger partial charge in [0.15, 0.2) is 11.6 Å². The van der Waals surface area contributed by atoms with Crippen molar-refractivity contribution in [1.82, 2.24) is 24.7 Å². The van der Waals surface area contributed by atoms with Crippen molar-refractivity contribution in [2.45, 2.75) is 26.5 Å². The molecule has 2 aromatic heterocycles. The van der Waals surface area contributed by atoms with E-state index in [4.69, 9.17) is 10.6 Å². The molecule has 4 N–H and O–H groups in total. The lowest BCUT2D eigenvalue weighted by atomic mass is 10.3. The molecule has 0 saturated carbocycles. The van der Waals surface area contributed by atoms with Crippen molar-refractivity contribution in [1.29, 1.82) is 0 Å². The largest absolute Gasteiger partial charge is 0.374 e. The van der Waals surface area contributed by atoms with E-state index in [1.807, 2.05) is 25.5 Å². The lowest BCUT2D eigenvalue weighted by molar-refractivity contribution is 0.128. The van der Waals surface area contributed by atoms with Gasteiger partial charge in [0.25, 0.3) is 0 Å². The molecule has 9 nitrogen and oxygen atoms in total. The standard InChI is InChI=1S/C12H20N8O/c1-4-21-6-11-16-9(5-10(17-11)18-13)15-8(2)12-19-14-7-20(12)3/h5,7-8H,4,6,13H2,1-3H3,(H2,15,16,17,18). The van der Waals surface area contributed by atoms with E-state index in [1.54, 1.807) is 12.4 Å². The molecule has 21 heavy (non-hydrogen) atoms. The molecule has 2 rings (SSSR count). The molecule has 0 aliphatic carbocycles. The van der Waals surface area contributed by atoms with Gasteiger partial charge in [-0.3, -0.25) is 0 Å². The average Bonchev–Trinajstić information content (AvgIpc) is 2.91. The van der Waals surface area contributed by atoms with Gasteiger partial charge in [0, 0.05) is 19.7 Å². The van der Waals surface area contributed by atoms with Gasteiger partial charge < -0.3 is 20.0 Å². The smallest absolute Gasteiger partial charge is 0.158 e. The van der Waals surface area contributed by atoms with Gasteiger partial charge in [0.05, 0.1) is 6.04 Å². The van der Waals surface area contributed by atoms with Crippen LogP contribution < -0.4 is 16.6 Å². The Balaban J connectivity index is 2.16. The van der Waals surface area contributed by atoms with Gasteiger partial charge >= 0.3 is 0 Å². The summed E-state index contributed by atoms with van der Waals surface area (Å²) in [6.45, 7) is 4.82. The lowest BCUT2D eigenvalue weighted by Gasteiger charge is -2.15. The second-order valence-corrected chi connectivity index (χ2v) is 4.50. The van der Waals surface area contributed by atoms with Crippen molar-refractivity contribution in [3.8, 4) is 0 Å². The lowest BCUT2D eigenvalue weighted by Crippen LogP contribution is -2.16. The first kappa shape index (κ1) is 15.1. The Kier molecular flexibility index (Phi) is 5.01. The second-order valence-electron chi connectivity index (χ2n) is 4.50. The minimum Gasteiger partial charge on any atom is -0.374 e. The van der Waals surface area contributed by atoms with Crippen molar-refractivity contribution in [2.24, 2.45) is 12.9 Å². The number of hydrogen-bond donors (Lipinski definition) is 3. The summed E-state index contributed by atoms with van der Waals surface area (Å²) in [5.74, 6) is 7.96. The summed E-state index contributed by atoms with van der Waals surface area (Å²) in [6.07, 6.45) is 1.65. The maximum atomic E-state index is 5.43. The molecule has 0 saturated heterocycles. The third-order valence-corrected chi connectivity index (χ3v) is 2.85. The Morgan fingerprint density at radius 1 is 1.38 bits per heavy atom. The van der Waals surface area contributed by atoms with Crippen LogP contribution in [0.1, 0.15) is 31.5 Å². The Bertz CT molecular complexity index is 584. The number of aryl methyl sites for hydroxylation is 1. The highest BCUT2D eigenvalue weighted by atomic mass is 16.5. The molecule has 0 fully saturated rings. The number of ether oxygens (including phenoxy) is 1. The Hall–Kier alpha value is -2.26. The molecule has 1 unspecified atom stereocenters. The third-order valence-electron chi connectivity index (χ3n) is 2.85.